The summed E-state index contributed by atoms with van der Waals surface area (Å²) < 4.78 is 71.5. The van der Waals surface area contributed by atoms with E-state index in [0.717, 1.165) is 11.6 Å². The van der Waals surface area contributed by atoms with Gasteiger partial charge in [0, 0.05) is 13.1 Å². The minimum absolute atomic E-state index is 0.203. The normalized spacial score (nSPS) is 17.0. The van der Waals surface area contributed by atoms with E-state index in [9.17, 15) is 21.6 Å². The van der Waals surface area contributed by atoms with Crippen molar-refractivity contribution in [3.63, 3.8) is 0 Å². The van der Waals surface area contributed by atoms with E-state index in [2.05, 4.69) is 0 Å². The Morgan fingerprint density at radius 2 is 1.59 bits per heavy atom. The zero-order valence-electron chi connectivity index (χ0n) is 14.7. The molecule has 2 aromatic rings. The van der Waals surface area contributed by atoms with E-state index in [0.29, 0.717) is 12.8 Å². The molecule has 2 aromatic carbocycles. The maximum Gasteiger partial charge on any atom is 0.419 e. The number of ether oxygens (including phenoxy) is 1. The van der Waals surface area contributed by atoms with Crippen LogP contribution in [-0.4, -0.2) is 31.9 Å². The van der Waals surface area contributed by atoms with Crippen LogP contribution in [0.2, 0.25) is 0 Å². The summed E-state index contributed by atoms with van der Waals surface area (Å²) in [6, 6.07) is 11.7. The molecule has 146 valence electrons. The molecular weight excluding hydrogens is 379 g/mol. The largest absolute Gasteiger partial charge is 0.490 e. The second-order valence-corrected chi connectivity index (χ2v) is 8.47. The van der Waals surface area contributed by atoms with Gasteiger partial charge in [0.1, 0.15) is 11.9 Å². The van der Waals surface area contributed by atoms with Crippen molar-refractivity contribution in [1.29, 1.82) is 0 Å². The average Bonchev–Trinajstić information content (AvgIpc) is 2.62. The number of aryl methyl sites for hydroxylation is 1. The van der Waals surface area contributed by atoms with Gasteiger partial charge in [-0.2, -0.15) is 17.5 Å². The van der Waals surface area contributed by atoms with Gasteiger partial charge < -0.3 is 4.74 Å². The molecule has 0 aliphatic carbocycles. The van der Waals surface area contributed by atoms with E-state index in [4.69, 9.17) is 4.74 Å². The standard InChI is InChI=1S/C19H20F3NO3S/c1-14-6-8-16(9-7-14)27(24,25)23-12-10-15(11-13-23)26-18-5-3-2-4-17(18)19(20,21)22/h2-9,15H,10-13H2,1H3. The molecule has 0 unspecified atom stereocenters. The summed E-state index contributed by atoms with van der Waals surface area (Å²) in [7, 11) is -3.61. The number of sulfonamides is 1. The van der Waals surface area contributed by atoms with E-state index in [1.54, 1.807) is 24.3 Å². The zero-order chi connectivity index (χ0) is 19.7. The highest BCUT2D eigenvalue weighted by Gasteiger charge is 2.36. The van der Waals surface area contributed by atoms with Crippen LogP contribution in [0.1, 0.15) is 24.0 Å². The molecule has 0 aromatic heterocycles. The molecular formula is C19H20F3NO3S. The minimum atomic E-state index is -4.49. The molecule has 1 saturated heterocycles. The van der Waals surface area contributed by atoms with Crippen molar-refractivity contribution in [2.45, 2.75) is 36.9 Å². The molecule has 1 aliphatic heterocycles. The van der Waals surface area contributed by atoms with Gasteiger partial charge in [-0.3, -0.25) is 0 Å². The second-order valence-electron chi connectivity index (χ2n) is 6.53. The summed E-state index contributed by atoms with van der Waals surface area (Å²) in [5.74, 6) is -0.218. The summed E-state index contributed by atoms with van der Waals surface area (Å²) in [4.78, 5) is 0.217. The molecule has 0 atom stereocenters. The number of nitrogens with zero attached hydrogens (tertiary/aromatic N) is 1. The van der Waals surface area contributed by atoms with Crippen LogP contribution in [0.15, 0.2) is 53.4 Å². The third kappa shape index (κ3) is 4.44. The predicted octanol–water partition coefficient (Wildman–Crippen LogP) is 4.25. The first kappa shape index (κ1) is 19.7. The Morgan fingerprint density at radius 3 is 2.19 bits per heavy atom. The van der Waals surface area contributed by atoms with Crippen LogP contribution in [0, 0.1) is 6.92 Å². The second kappa shape index (κ2) is 7.52. The molecule has 0 N–H and O–H groups in total. The highest BCUT2D eigenvalue weighted by Crippen LogP contribution is 2.37. The van der Waals surface area contributed by atoms with Crippen molar-refractivity contribution in [1.82, 2.24) is 4.31 Å². The number of alkyl halides is 3. The molecule has 27 heavy (non-hydrogen) atoms. The molecule has 3 rings (SSSR count). The highest BCUT2D eigenvalue weighted by atomic mass is 32.2. The van der Waals surface area contributed by atoms with Gasteiger partial charge in [-0.05, 0) is 44.0 Å². The first-order valence-corrected chi connectivity index (χ1v) is 10.0. The quantitative estimate of drug-likeness (QED) is 0.772. The molecule has 4 nitrogen and oxygen atoms in total. The SMILES string of the molecule is Cc1ccc(S(=O)(=O)N2CCC(Oc3ccccc3C(F)(F)F)CC2)cc1. The van der Waals surface area contributed by atoms with Crippen LogP contribution in [0.3, 0.4) is 0 Å². The lowest BCUT2D eigenvalue weighted by Crippen LogP contribution is -2.41. The van der Waals surface area contributed by atoms with E-state index in [1.807, 2.05) is 6.92 Å². The molecule has 0 saturated carbocycles. The van der Waals surface area contributed by atoms with E-state index >= 15 is 0 Å². The average molecular weight is 399 g/mol. The van der Waals surface area contributed by atoms with Crippen LogP contribution in [0.25, 0.3) is 0 Å². The van der Waals surface area contributed by atoms with Gasteiger partial charge in [-0.15, -0.1) is 0 Å². The Bertz CT molecular complexity index is 887. The molecule has 0 bridgehead atoms. The fourth-order valence-corrected chi connectivity index (χ4v) is 4.50. The minimum Gasteiger partial charge on any atom is -0.490 e. The van der Waals surface area contributed by atoms with Gasteiger partial charge in [0.05, 0.1) is 10.5 Å². The maximum absolute atomic E-state index is 13.1. The zero-order valence-corrected chi connectivity index (χ0v) is 15.6. The maximum atomic E-state index is 13.1. The lowest BCUT2D eigenvalue weighted by atomic mass is 10.1. The van der Waals surface area contributed by atoms with Gasteiger partial charge >= 0.3 is 6.18 Å². The molecule has 1 heterocycles. The van der Waals surface area contributed by atoms with Gasteiger partial charge in [0.25, 0.3) is 0 Å². The van der Waals surface area contributed by atoms with Gasteiger partial charge in [0.15, 0.2) is 0 Å². The molecule has 8 heteroatoms. The molecule has 1 aliphatic rings. The number of para-hydroxylation sites is 1. The van der Waals surface area contributed by atoms with E-state index in [1.165, 1.54) is 22.5 Å². The Hall–Kier alpha value is -2.06. The smallest absolute Gasteiger partial charge is 0.419 e. The summed E-state index contributed by atoms with van der Waals surface area (Å²) in [6.45, 7) is 2.28. The van der Waals surface area contributed by atoms with Gasteiger partial charge in [-0.1, -0.05) is 29.8 Å². The van der Waals surface area contributed by atoms with Gasteiger partial charge in [-0.25, -0.2) is 8.42 Å². The Morgan fingerprint density at radius 1 is 1.00 bits per heavy atom. The number of benzene rings is 2. The Kier molecular flexibility index (Phi) is 5.48. The first-order chi connectivity index (χ1) is 12.7. The third-order valence-electron chi connectivity index (χ3n) is 4.55. The van der Waals surface area contributed by atoms with Crippen molar-refractivity contribution >= 4 is 10.0 Å². The highest BCUT2D eigenvalue weighted by molar-refractivity contribution is 7.89. The van der Waals surface area contributed by atoms with Crippen molar-refractivity contribution in [2.24, 2.45) is 0 Å². The predicted molar refractivity (Wildman–Crippen MR) is 95.0 cm³/mol. The third-order valence-corrected chi connectivity index (χ3v) is 6.46. The van der Waals surface area contributed by atoms with Crippen LogP contribution in [0.5, 0.6) is 5.75 Å². The van der Waals surface area contributed by atoms with Crippen molar-refractivity contribution in [3.8, 4) is 5.75 Å². The summed E-state index contributed by atoms with van der Waals surface area (Å²) >= 11 is 0. The van der Waals surface area contributed by atoms with Crippen LogP contribution in [0.4, 0.5) is 13.2 Å². The van der Waals surface area contributed by atoms with Crippen LogP contribution < -0.4 is 4.74 Å². The number of rotatable bonds is 4. The number of hydrogen-bond donors (Lipinski definition) is 0. The summed E-state index contributed by atoms with van der Waals surface area (Å²) in [5, 5.41) is 0. The molecule has 0 spiro atoms. The van der Waals surface area contributed by atoms with E-state index in [-0.39, 0.29) is 23.7 Å². The van der Waals surface area contributed by atoms with Crippen LogP contribution >= 0.6 is 0 Å². The number of piperidine rings is 1. The summed E-state index contributed by atoms with van der Waals surface area (Å²) in [5.41, 5.74) is 0.143. The fourth-order valence-electron chi connectivity index (χ4n) is 3.03. The number of halogens is 3. The van der Waals surface area contributed by atoms with Gasteiger partial charge in [0.2, 0.25) is 10.0 Å². The number of hydrogen-bond acceptors (Lipinski definition) is 3. The molecule has 0 amide bonds. The molecule has 1 fully saturated rings. The van der Waals surface area contributed by atoms with Crippen molar-refractivity contribution in [3.05, 3.63) is 59.7 Å². The van der Waals surface area contributed by atoms with Crippen molar-refractivity contribution in [2.75, 3.05) is 13.1 Å². The van der Waals surface area contributed by atoms with E-state index < -0.39 is 27.9 Å². The van der Waals surface area contributed by atoms with Crippen molar-refractivity contribution < 1.29 is 26.3 Å². The fraction of sp³-hybridized carbons (Fsp3) is 0.368. The first-order valence-electron chi connectivity index (χ1n) is 8.57. The topological polar surface area (TPSA) is 46.6 Å². The monoisotopic (exact) mass is 399 g/mol. The lowest BCUT2D eigenvalue weighted by molar-refractivity contribution is -0.139. The Balaban J connectivity index is 1.67. The Labute approximate surface area is 156 Å². The summed E-state index contributed by atoms with van der Waals surface area (Å²) in [6.07, 6.45) is -4.29. The molecule has 0 radical (unpaired) electrons. The van der Waals surface area contributed by atoms with Crippen LogP contribution in [-0.2, 0) is 16.2 Å². The lowest BCUT2D eigenvalue weighted by Gasteiger charge is -2.32.